The number of anilines is 3. The normalized spacial score (nSPS) is 18.0. The van der Waals surface area contributed by atoms with E-state index in [0.29, 0.717) is 5.92 Å². The van der Waals surface area contributed by atoms with Crippen molar-refractivity contribution in [3.8, 4) is 0 Å². The van der Waals surface area contributed by atoms with Gasteiger partial charge in [0.2, 0.25) is 0 Å². The highest BCUT2D eigenvalue weighted by Crippen LogP contribution is 2.33. The number of nitrogens with zero attached hydrogens (tertiary/aromatic N) is 5. The minimum atomic E-state index is -0.0137. The van der Waals surface area contributed by atoms with Gasteiger partial charge in [-0.2, -0.15) is 0 Å². The van der Waals surface area contributed by atoms with Crippen LogP contribution in [0.3, 0.4) is 0 Å². The topological polar surface area (TPSA) is 76.6 Å². The van der Waals surface area contributed by atoms with E-state index in [-0.39, 0.29) is 6.03 Å². The molecule has 2 aromatic carbocycles. The van der Waals surface area contributed by atoms with Gasteiger partial charge in [-0.1, -0.05) is 0 Å². The van der Waals surface area contributed by atoms with Crippen LogP contribution in [0, 0.1) is 0 Å². The molecule has 3 aromatic rings. The molecule has 0 saturated carbocycles. The molecular formula is C30H41N7O. The van der Waals surface area contributed by atoms with Gasteiger partial charge < -0.3 is 25.3 Å². The smallest absolute Gasteiger partial charge is 0.321 e. The number of carbonyl (C=O) groups excluding carboxylic acids is 1. The van der Waals surface area contributed by atoms with Crippen molar-refractivity contribution in [1.29, 1.82) is 0 Å². The fraction of sp³-hybridized carbons (Fsp3) is 0.500. The van der Waals surface area contributed by atoms with Gasteiger partial charge in [-0.15, -0.1) is 0 Å². The third-order valence-corrected chi connectivity index (χ3v) is 7.88. The Morgan fingerprint density at radius 1 is 0.789 bits per heavy atom. The molecule has 8 nitrogen and oxygen atoms in total. The molecule has 0 bridgehead atoms. The van der Waals surface area contributed by atoms with Gasteiger partial charge in [-0.3, -0.25) is 0 Å². The molecule has 3 fully saturated rings. The minimum absolute atomic E-state index is 0.0137. The summed E-state index contributed by atoms with van der Waals surface area (Å²) in [7, 11) is 3.75. The number of carbonyl (C=O) groups is 1. The van der Waals surface area contributed by atoms with E-state index >= 15 is 0 Å². The lowest BCUT2D eigenvalue weighted by molar-refractivity contribution is 0.194. The van der Waals surface area contributed by atoms with Crippen molar-refractivity contribution >= 4 is 34.0 Å². The molecule has 38 heavy (non-hydrogen) atoms. The van der Waals surface area contributed by atoms with Crippen LogP contribution in [0.25, 0.3) is 10.9 Å². The Morgan fingerprint density at radius 2 is 1.37 bits per heavy atom. The van der Waals surface area contributed by atoms with Crippen molar-refractivity contribution in [2.75, 3.05) is 68.5 Å². The number of nitrogens with one attached hydrogen (secondary N) is 2. The second kappa shape index (κ2) is 12.4. The van der Waals surface area contributed by atoms with Crippen LogP contribution in [0.1, 0.15) is 50.1 Å². The number of fused-ring (bicyclic) bond motifs is 1. The summed E-state index contributed by atoms with van der Waals surface area (Å²) in [6.45, 7) is 5.99. The molecule has 0 atom stereocenters. The average molecular weight is 516 g/mol. The van der Waals surface area contributed by atoms with E-state index in [9.17, 15) is 4.79 Å². The molecule has 3 saturated heterocycles. The van der Waals surface area contributed by atoms with Gasteiger partial charge in [0.1, 0.15) is 6.33 Å². The average Bonchev–Trinajstić information content (AvgIpc) is 3.69. The van der Waals surface area contributed by atoms with Crippen LogP contribution in [0.2, 0.25) is 0 Å². The lowest BCUT2D eigenvalue weighted by Crippen LogP contribution is -2.40. The fourth-order valence-electron chi connectivity index (χ4n) is 5.85. The van der Waals surface area contributed by atoms with Crippen molar-refractivity contribution in [1.82, 2.24) is 20.2 Å². The van der Waals surface area contributed by atoms with Crippen LogP contribution in [-0.4, -0.2) is 74.3 Å². The molecule has 8 heteroatoms. The number of amides is 2. The molecule has 0 aliphatic carbocycles. The Hall–Kier alpha value is -3.39. The van der Waals surface area contributed by atoms with Crippen molar-refractivity contribution < 1.29 is 4.79 Å². The number of hydrogen-bond donors (Lipinski definition) is 2. The first-order valence-electron chi connectivity index (χ1n) is 14.2. The number of aromatic nitrogens is 2. The van der Waals surface area contributed by atoms with Crippen LogP contribution in [0.4, 0.5) is 21.9 Å². The van der Waals surface area contributed by atoms with E-state index in [0.717, 1.165) is 74.4 Å². The zero-order valence-electron chi connectivity index (χ0n) is 22.8. The number of piperidine rings is 1. The molecule has 2 N–H and O–H groups in total. The van der Waals surface area contributed by atoms with Gasteiger partial charge in [-0.25, -0.2) is 14.8 Å². The first-order valence-corrected chi connectivity index (χ1v) is 14.2. The Balaban J connectivity index is 0.000000937. The summed E-state index contributed by atoms with van der Waals surface area (Å²) in [4.78, 5) is 28.9. The van der Waals surface area contributed by atoms with Crippen molar-refractivity contribution in [3.05, 3.63) is 54.5 Å². The Bertz CT molecular complexity index is 1190. The molecule has 2 amide bonds. The van der Waals surface area contributed by atoms with Crippen molar-refractivity contribution in [2.45, 2.75) is 44.4 Å². The molecule has 0 spiro atoms. The summed E-state index contributed by atoms with van der Waals surface area (Å²) < 4.78 is 0. The third-order valence-electron chi connectivity index (χ3n) is 7.88. The van der Waals surface area contributed by atoms with Crippen LogP contribution in [0.5, 0.6) is 0 Å². The summed E-state index contributed by atoms with van der Waals surface area (Å²) in [5, 5.41) is 6.98. The standard InChI is InChI=1S/C28H34N6O.C2H7N/c35-28(31-22-5-7-23(8-6-22)32-13-1-2-14-32)34-17-11-21(12-18-34)27-25-10-9-24(33-15-3-4-16-33)19-26(25)29-20-30-27;1-3-2/h5-10,19-21H,1-4,11-18H2,(H,31,35);3H,1-2H3. The van der Waals surface area contributed by atoms with Crippen LogP contribution < -0.4 is 20.4 Å². The van der Waals surface area contributed by atoms with E-state index in [4.69, 9.17) is 0 Å². The summed E-state index contributed by atoms with van der Waals surface area (Å²) in [6, 6.07) is 14.9. The SMILES string of the molecule is CNC.O=C(Nc1ccc(N2CCCC2)cc1)N1CCC(c2ncnc3cc(N4CCCC4)ccc23)CC1. The summed E-state index contributed by atoms with van der Waals surface area (Å²) >= 11 is 0. The first kappa shape index (κ1) is 26.2. The zero-order valence-corrected chi connectivity index (χ0v) is 22.8. The second-order valence-electron chi connectivity index (χ2n) is 10.6. The van der Waals surface area contributed by atoms with Gasteiger partial charge in [0.15, 0.2) is 0 Å². The van der Waals surface area contributed by atoms with Crippen LogP contribution in [-0.2, 0) is 0 Å². The number of hydrogen-bond acceptors (Lipinski definition) is 6. The lowest BCUT2D eigenvalue weighted by Gasteiger charge is -2.32. The minimum Gasteiger partial charge on any atom is -0.372 e. The predicted octanol–water partition coefficient (Wildman–Crippen LogP) is 5.08. The third kappa shape index (κ3) is 6.01. The Labute approximate surface area is 226 Å². The largest absolute Gasteiger partial charge is 0.372 e. The molecule has 0 unspecified atom stereocenters. The van der Waals surface area contributed by atoms with Crippen LogP contribution >= 0.6 is 0 Å². The number of urea groups is 1. The van der Waals surface area contributed by atoms with Gasteiger partial charge in [-0.05, 0) is 95.1 Å². The molecule has 4 heterocycles. The van der Waals surface area contributed by atoms with Crippen molar-refractivity contribution in [2.24, 2.45) is 0 Å². The van der Waals surface area contributed by atoms with Gasteiger partial charge in [0, 0.05) is 67.6 Å². The van der Waals surface area contributed by atoms with Crippen LogP contribution in [0.15, 0.2) is 48.8 Å². The predicted molar refractivity (Wildman–Crippen MR) is 156 cm³/mol. The fourth-order valence-corrected chi connectivity index (χ4v) is 5.85. The van der Waals surface area contributed by atoms with E-state index in [2.05, 4.69) is 60.7 Å². The summed E-state index contributed by atoms with van der Waals surface area (Å²) in [6.07, 6.45) is 8.60. The molecule has 202 valence electrons. The zero-order chi connectivity index (χ0) is 26.3. The molecule has 0 radical (unpaired) electrons. The molecule has 3 aliphatic heterocycles. The van der Waals surface area contributed by atoms with Gasteiger partial charge >= 0.3 is 6.03 Å². The van der Waals surface area contributed by atoms with E-state index in [1.807, 2.05) is 31.1 Å². The van der Waals surface area contributed by atoms with E-state index < -0.39 is 0 Å². The highest BCUT2D eigenvalue weighted by molar-refractivity contribution is 5.89. The molecular weight excluding hydrogens is 474 g/mol. The van der Waals surface area contributed by atoms with E-state index in [1.165, 1.54) is 37.1 Å². The highest BCUT2D eigenvalue weighted by Gasteiger charge is 2.26. The monoisotopic (exact) mass is 515 g/mol. The summed E-state index contributed by atoms with van der Waals surface area (Å²) in [5.41, 5.74) is 5.51. The van der Waals surface area contributed by atoms with Gasteiger partial charge in [0.25, 0.3) is 0 Å². The Morgan fingerprint density at radius 3 is 2.00 bits per heavy atom. The van der Waals surface area contributed by atoms with E-state index in [1.54, 1.807) is 6.33 Å². The molecule has 6 rings (SSSR count). The summed E-state index contributed by atoms with van der Waals surface area (Å²) in [5.74, 6) is 0.349. The van der Waals surface area contributed by atoms with Crippen molar-refractivity contribution in [3.63, 3.8) is 0 Å². The number of likely N-dealkylation sites (tertiary alicyclic amines) is 1. The molecule has 1 aromatic heterocycles. The first-order chi connectivity index (χ1) is 18.7. The lowest BCUT2D eigenvalue weighted by atomic mass is 9.91. The van der Waals surface area contributed by atoms with Gasteiger partial charge in [0.05, 0.1) is 11.2 Å². The molecule has 3 aliphatic rings. The maximum absolute atomic E-state index is 12.9. The maximum Gasteiger partial charge on any atom is 0.321 e. The quantitative estimate of drug-likeness (QED) is 0.505. The number of rotatable bonds is 4. The second-order valence-corrected chi connectivity index (χ2v) is 10.6. The Kier molecular flexibility index (Phi) is 8.58. The highest BCUT2D eigenvalue weighted by atomic mass is 16.2. The maximum atomic E-state index is 12.9. The number of benzene rings is 2.